The second-order valence-electron chi connectivity index (χ2n) is 6.74. The van der Waals surface area contributed by atoms with Crippen LogP contribution in [0.4, 0.5) is 5.69 Å². The number of para-hydroxylation sites is 2. The van der Waals surface area contributed by atoms with Crippen LogP contribution in [0.3, 0.4) is 0 Å². The van der Waals surface area contributed by atoms with E-state index in [2.05, 4.69) is 15.9 Å². The molecule has 1 heterocycles. The molecule has 0 bridgehead atoms. The Balaban J connectivity index is 1.45. The van der Waals surface area contributed by atoms with Crippen molar-refractivity contribution in [2.75, 3.05) is 51.3 Å². The first-order valence-electron chi connectivity index (χ1n) is 9.13. The highest BCUT2D eigenvalue weighted by molar-refractivity contribution is 5.58. The van der Waals surface area contributed by atoms with Gasteiger partial charge >= 0.3 is 0 Å². The maximum atomic E-state index is 10.3. The number of ether oxygens (including phenoxy) is 2. The Labute approximate surface area is 155 Å². The van der Waals surface area contributed by atoms with E-state index in [0.29, 0.717) is 13.2 Å². The third-order valence-electron chi connectivity index (χ3n) is 4.70. The molecule has 1 saturated heterocycles. The maximum Gasteiger partial charge on any atom is 0.142 e. The number of nitrogens with zero attached hydrogens (tertiary/aromatic N) is 2. The zero-order valence-corrected chi connectivity index (χ0v) is 15.6. The van der Waals surface area contributed by atoms with Gasteiger partial charge in [0.05, 0.1) is 12.8 Å². The van der Waals surface area contributed by atoms with Gasteiger partial charge in [0.2, 0.25) is 0 Å². The maximum absolute atomic E-state index is 10.3. The molecule has 1 aliphatic heterocycles. The Morgan fingerprint density at radius 1 is 1.04 bits per heavy atom. The lowest BCUT2D eigenvalue weighted by molar-refractivity contribution is 0.0662. The first kappa shape index (κ1) is 18.5. The molecule has 140 valence electrons. The predicted molar refractivity (Wildman–Crippen MR) is 104 cm³/mol. The largest absolute Gasteiger partial charge is 0.495 e. The standard InChI is InChI=1S/C21H28N2O3/c1-17-6-5-7-19(14-17)26-16-18(24)15-22-10-12-23(13-11-22)20-8-3-4-9-21(20)25-2/h3-9,14,18,24H,10-13,15-16H2,1-2H3. The number of aliphatic hydroxyl groups is 1. The molecule has 1 N–H and O–H groups in total. The molecule has 2 aromatic carbocycles. The van der Waals surface area contributed by atoms with Crippen LogP contribution >= 0.6 is 0 Å². The van der Waals surface area contributed by atoms with Crippen molar-refractivity contribution in [3.8, 4) is 11.5 Å². The van der Waals surface area contributed by atoms with E-state index in [4.69, 9.17) is 9.47 Å². The Hall–Kier alpha value is -2.24. The van der Waals surface area contributed by atoms with E-state index >= 15 is 0 Å². The Morgan fingerprint density at radius 2 is 1.81 bits per heavy atom. The lowest BCUT2D eigenvalue weighted by atomic mass is 10.2. The minimum Gasteiger partial charge on any atom is -0.495 e. The molecular weight excluding hydrogens is 328 g/mol. The monoisotopic (exact) mass is 356 g/mol. The molecule has 0 radical (unpaired) electrons. The number of hydrogen-bond acceptors (Lipinski definition) is 5. The molecule has 1 unspecified atom stereocenters. The van der Waals surface area contributed by atoms with E-state index in [1.807, 2.05) is 49.4 Å². The van der Waals surface area contributed by atoms with Gasteiger partial charge in [-0.05, 0) is 36.8 Å². The van der Waals surface area contributed by atoms with E-state index in [0.717, 1.165) is 48.9 Å². The van der Waals surface area contributed by atoms with Gasteiger partial charge in [-0.1, -0.05) is 24.3 Å². The number of aliphatic hydroxyl groups excluding tert-OH is 1. The van der Waals surface area contributed by atoms with Crippen LogP contribution in [0.25, 0.3) is 0 Å². The van der Waals surface area contributed by atoms with Gasteiger partial charge in [-0.3, -0.25) is 4.90 Å². The van der Waals surface area contributed by atoms with Crippen LogP contribution in [-0.4, -0.2) is 62.6 Å². The van der Waals surface area contributed by atoms with E-state index < -0.39 is 6.10 Å². The molecular formula is C21H28N2O3. The van der Waals surface area contributed by atoms with Gasteiger partial charge in [0, 0.05) is 32.7 Å². The number of piperazine rings is 1. The molecule has 0 saturated carbocycles. The van der Waals surface area contributed by atoms with Crippen LogP contribution in [0.1, 0.15) is 5.56 Å². The molecule has 0 aliphatic carbocycles. The molecule has 1 aliphatic rings. The average molecular weight is 356 g/mol. The second-order valence-corrected chi connectivity index (χ2v) is 6.74. The number of rotatable bonds is 7. The van der Waals surface area contributed by atoms with Crippen molar-refractivity contribution in [1.82, 2.24) is 4.90 Å². The minimum absolute atomic E-state index is 0.316. The van der Waals surface area contributed by atoms with Crippen molar-refractivity contribution in [2.45, 2.75) is 13.0 Å². The van der Waals surface area contributed by atoms with E-state index in [1.54, 1.807) is 7.11 Å². The lowest BCUT2D eigenvalue weighted by Gasteiger charge is -2.37. The smallest absolute Gasteiger partial charge is 0.142 e. The van der Waals surface area contributed by atoms with E-state index in [1.165, 1.54) is 0 Å². The highest BCUT2D eigenvalue weighted by Crippen LogP contribution is 2.28. The van der Waals surface area contributed by atoms with E-state index in [-0.39, 0.29) is 0 Å². The summed E-state index contributed by atoms with van der Waals surface area (Å²) in [5.41, 5.74) is 2.29. The number of β-amino-alcohol motifs (C(OH)–C–C–N with tert-alkyl or cyclic N) is 1. The van der Waals surface area contributed by atoms with Gasteiger partial charge in [-0.15, -0.1) is 0 Å². The third kappa shape index (κ3) is 4.90. The molecule has 3 rings (SSSR count). The van der Waals surface area contributed by atoms with Crippen LogP contribution in [0.5, 0.6) is 11.5 Å². The second kappa shape index (κ2) is 8.92. The minimum atomic E-state index is -0.492. The molecule has 2 aromatic rings. The van der Waals surface area contributed by atoms with Crippen LogP contribution in [0.15, 0.2) is 48.5 Å². The summed E-state index contributed by atoms with van der Waals surface area (Å²) in [4.78, 5) is 4.63. The number of methoxy groups -OCH3 is 1. The Kier molecular flexibility index (Phi) is 6.36. The molecule has 0 aromatic heterocycles. The SMILES string of the molecule is COc1ccccc1N1CCN(CC(O)COc2cccc(C)c2)CC1. The third-order valence-corrected chi connectivity index (χ3v) is 4.70. The van der Waals surface area contributed by atoms with Crippen LogP contribution in [0.2, 0.25) is 0 Å². The van der Waals surface area contributed by atoms with Crippen molar-refractivity contribution in [3.63, 3.8) is 0 Å². The van der Waals surface area contributed by atoms with Gasteiger partial charge in [0.25, 0.3) is 0 Å². The summed E-state index contributed by atoms with van der Waals surface area (Å²) in [5.74, 6) is 1.72. The summed E-state index contributed by atoms with van der Waals surface area (Å²) < 4.78 is 11.2. The van der Waals surface area contributed by atoms with Gasteiger partial charge in [0.15, 0.2) is 0 Å². The summed E-state index contributed by atoms with van der Waals surface area (Å²) in [6, 6.07) is 16.0. The summed E-state index contributed by atoms with van der Waals surface area (Å²) in [6.07, 6.45) is -0.492. The first-order valence-corrected chi connectivity index (χ1v) is 9.13. The van der Waals surface area contributed by atoms with Crippen molar-refractivity contribution in [2.24, 2.45) is 0 Å². The molecule has 5 heteroatoms. The summed E-state index contributed by atoms with van der Waals surface area (Å²) in [7, 11) is 1.71. The summed E-state index contributed by atoms with van der Waals surface area (Å²) in [6.45, 7) is 6.66. The Bertz CT molecular complexity index is 699. The topological polar surface area (TPSA) is 45.2 Å². The quantitative estimate of drug-likeness (QED) is 0.826. The van der Waals surface area contributed by atoms with Crippen molar-refractivity contribution >= 4 is 5.69 Å². The normalized spacial score (nSPS) is 16.3. The number of aryl methyl sites for hydroxylation is 1. The number of anilines is 1. The fourth-order valence-corrected chi connectivity index (χ4v) is 3.31. The summed E-state index contributed by atoms with van der Waals surface area (Å²) in [5, 5.41) is 10.3. The zero-order chi connectivity index (χ0) is 18.4. The average Bonchev–Trinajstić information content (AvgIpc) is 2.67. The molecule has 26 heavy (non-hydrogen) atoms. The zero-order valence-electron chi connectivity index (χ0n) is 15.6. The number of hydrogen-bond donors (Lipinski definition) is 1. The van der Waals surface area contributed by atoms with E-state index in [9.17, 15) is 5.11 Å². The fraction of sp³-hybridized carbons (Fsp3) is 0.429. The van der Waals surface area contributed by atoms with Crippen molar-refractivity contribution < 1.29 is 14.6 Å². The molecule has 0 spiro atoms. The van der Waals surface area contributed by atoms with Gasteiger partial charge in [-0.2, -0.15) is 0 Å². The molecule has 0 amide bonds. The molecule has 1 atom stereocenters. The van der Waals surface area contributed by atoms with Gasteiger partial charge < -0.3 is 19.5 Å². The number of benzene rings is 2. The Morgan fingerprint density at radius 3 is 2.54 bits per heavy atom. The predicted octanol–water partition coefficient (Wildman–Crippen LogP) is 2.57. The lowest BCUT2D eigenvalue weighted by Crippen LogP contribution is -2.49. The van der Waals surface area contributed by atoms with Crippen molar-refractivity contribution in [1.29, 1.82) is 0 Å². The molecule has 1 fully saturated rings. The van der Waals surface area contributed by atoms with Gasteiger partial charge in [0.1, 0.15) is 24.2 Å². The highest BCUT2D eigenvalue weighted by Gasteiger charge is 2.21. The fourth-order valence-electron chi connectivity index (χ4n) is 3.31. The van der Waals surface area contributed by atoms with Crippen molar-refractivity contribution in [3.05, 3.63) is 54.1 Å². The van der Waals surface area contributed by atoms with Crippen LogP contribution < -0.4 is 14.4 Å². The first-order chi connectivity index (χ1) is 12.7. The van der Waals surface area contributed by atoms with Crippen LogP contribution in [0, 0.1) is 6.92 Å². The molecule has 5 nitrogen and oxygen atoms in total. The summed E-state index contributed by atoms with van der Waals surface area (Å²) >= 11 is 0. The van der Waals surface area contributed by atoms with Crippen LogP contribution in [-0.2, 0) is 0 Å². The van der Waals surface area contributed by atoms with Gasteiger partial charge in [-0.25, -0.2) is 0 Å². The highest BCUT2D eigenvalue weighted by atomic mass is 16.5.